The van der Waals surface area contributed by atoms with Crippen molar-refractivity contribution >= 4 is 0 Å². The summed E-state index contributed by atoms with van der Waals surface area (Å²) in [6.07, 6.45) is 1.25. The first-order valence-corrected chi connectivity index (χ1v) is 6.56. The Labute approximate surface area is 104 Å². The van der Waals surface area contributed by atoms with E-state index in [2.05, 4.69) is 53.7 Å². The van der Waals surface area contributed by atoms with Crippen molar-refractivity contribution in [3.63, 3.8) is 0 Å². The molecule has 0 fully saturated rings. The molecule has 0 atom stereocenters. The van der Waals surface area contributed by atoms with Gasteiger partial charge in [-0.1, -0.05) is 90.8 Å². The smallest absolute Gasteiger partial charge is 0.0398 e. The summed E-state index contributed by atoms with van der Waals surface area (Å²) >= 11 is 0. The highest BCUT2D eigenvalue weighted by atomic mass is 13.8. The Kier molecular flexibility index (Phi) is 25.4. The highest BCUT2D eigenvalue weighted by Crippen LogP contribution is 1.92. The van der Waals surface area contributed by atoms with E-state index < -0.39 is 0 Å². The Morgan fingerprint density at radius 3 is 1.25 bits per heavy atom. The SMILES string of the molecule is CC.CC(C)C.CCC.Cc1ccccc1. The molecule has 0 N–H and O–H groups in total. The van der Waals surface area contributed by atoms with Crippen molar-refractivity contribution in [2.45, 2.75) is 61.8 Å². The summed E-state index contributed by atoms with van der Waals surface area (Å²) in [7, 11) is 0. The van der Waals surface area contributed by atoms with Gasteiger partial charge in [-0.05, 0) is 12.8 Å². The van der Waals surface area contributed by atoms with Gasteiger partial charge in [-0.2, -0.15) is 0 Å². The summed E-state index contributed by atoms with van der Waals surface area (Å²) in [6.45, 7) is 16.8. The number of hydrogen-bond donors (Lipinski definition) is 0. The largest absolute Gasteiger partial charge is 0.0683 e. The minimum absolute atomic E-state index is 0.833. The zero-order valence-electron chi connectivity index (χ0n) is 12.7. The second-order valence-electron chi connectivity index (χ2n) is 4.09. The Bertz CT molecular complexity index is 172. The Morgan fingerprint density at radius 2 is 1.12 bits per heavy atom. The van der Waals surface area contributed by atoms with E-state index in [0.717, 1.165) is 5.92 Å². The summed E-state index contributed by atoms with van der Waals surface area (Å²) in [5.41, 5.74) is 1.32. The zero-order valence-corrected chi connectivity index (χ0v) is 12.7. The predicted octanol–water partition coefficient (Wildman–Crippen LogP) is 6.10. The van der Waals surface area contributed by atoms with Gasteiger partial charge in [0.05, 0.1) is 0 Å². The quantitative estimate of drug-likeness (QED) is 0.499. The lowest BCUT2D eigenvalue weighted by Crippen LogP contribution is -1.66. The second-order valence-corrected chi connectivity index (χ2v) is 4.09. The molecule has 16 heavy (non-hydrogen) atoms. The first kappa shape index (κ1) is 20.6. The molecule has 1 rings (SSSR count). The van der Waals surface area contributed by atoms with Crippen LogP contribution in [0.1, 0.15) is 60.5 Å². The molecule has 0 aliphatic carbocycles. The van der Waals surface area contributed by atoms with Gasteiger partial charge < -0.3 is 0 Å². The molecule has 96 valence electrons. The van der Waals surface area contributed by atoms with Crippen molar-refractivity contribution in [1.82, 2.24) is 0 Å². The first-order chi connectivity index (χ1) is 7.54. The van der Waals surface area contributed by atoms with Crippen LogP contribution in [0.3, 0.4) is 0 Å². The monoisotopic (exact) mass is 224 g/mol. The molecule has 0 radical (unpaired) electrons. The van der Waals surface area contributed by atoms with Gasteiger partial charge >= 0.3 is 0 Å². The molecule has 0 bridgehead atoms. The van der Waals surface area contributed by atoms with Gasteiger partial charge in [-0.3, -0.25) is 0 Å². The molecule has 0 saturated heterocycles. The van der Waals surface area contributed by atoms with Crippen LogP contribution < -0.4 is 0 Å². The van der Waals surface area contributed by atoms with Gasteiger partial charge in [0, 0.05) is 0 Å². The van der Waals surface area contributed by atoms with E-state index in [1.807, 2.05) is 32.0 Å². The van der Waals surface area contributed by atoms with E-state index in [0.29, 0.717) is 0 Å². The lowest BCUT2D eigenvalue weighted by Gasteiger charge is -1.82. The summed E-state index contributed by atoms with van der Waals surface area (Å²) in [5, 5.41) is 0. The molecule has 0 aliphatic rings. The maximum atomic E-state index is 2.17. The molecule has 0 unspecified atom stereocenters. The normalized spacial score (nSPS) is 7.56. The average molecular weight is 224 g/mol. The van der Waals surface area contributed by atoms with E-state index >= 15 is 0 Å². The van der Waals surface area contributed by atoms with Gasteiger partial charge in [-0.15, -0.1) is 0 Å². The number of aryl methyl sites for hydroxylation is 1. The van der Waals surface area contributed by atoms with E-state index in [4.69, 9.17) is 0 Å². The van der Waals surface area contributed by atoms with Crippen molar-refractivity contribution < 1.29 is 0 Å². The minimum atomic E-state index is 0.833. The lowest BCUT2D eigenvalue weighted by molar-refractivity contribution is 0.737. The third-order valence-corrected chi connectivity index (χ3v) is 0.940. The predicted molar refractivity (Wildman–Crippen MR) is 79.0 cm³/mol. The fourth-order valence-electron chi connectivity index (χ4n) is 0.534. The first-order valence-electron chi connectivity index (χ1n) is 6.56. The van der Waals surface area contributed by atoms with Crippen LogP contribution >= 0.6 is 0 Å². The second kappa shape index (κ2) is 19.7. The maximum absolute atomic E-state index is 2.17. The molecule has 0 amide bonds. The van der Waals surface area contributed by atoms with Gasteiger partial charge in [0.2, 0.25) is 0 Å². The molecule has 1 aromatic rings. The Hall–Kier alpha value is -0.780. The van der Waals surface area contributed by atoms with Crippen molar-refractivity contribution in [3.05, 3.63) is 35.9 Å². The molecule has 0 heterocycles. The third kappa shape index (κ3) is 37.9. The molecule has 0 aliphatic heterocycles. The zero-order chi connectivity index (χ0) is 13.4. The maximum Gasteiger partial charge on any atom is -0.0398 e. The standard InChI is InChI=1S/C7H8.C4H10.C3H8.C2H6/c1-7-5-3-2-4-6-7;1-4(2)3;1-3-2;1-2/h2-6H,1H3;4H,1-3H3;3H2,1-2H3;1-2H3. The summed E-state index contributed by atoms with van der Waals surface area (Å²) in [4.78, 5) is 0. The highest BCUT2D eigenvalue weighted by molar-refractivity contribution is 5.11. The lowest BCUT2D eigenvalue weighted by atomic mass is 10.2. The molecule has 0 spiro atoms. The van der Waals surface area contributed by atoms with E-state index in [1.165, 1.54) is 12.0 Å². The summed E-state index contributed by atoms with van der Waals surface area (Å²) in [6, 6.07) is 10.3. The number of hydrogen-bond acceptors (Lipinski definition) is 0. The third-order valence-electron chi connectivity index (χ3n) is 0.940. The van der Waals surface area contributed by atoms with Gasteiger partial charge in [0.25, 0.3) is 0 Å². The molecular formula is C16H32. The molecule has 0 nitrogen and oxygen atoms in total. The fraction of sp³-hybridized carbons (Fsp3) is 0.625. The van der Waals surface area contributed by atoms with E-state index in [9.17, 15) is 0 Å². The summed E-state index contributed by atoms with van der Waals surface area (Å²) in [5.74, 6) is 0.833. The minimum Gasteiger partial charge on any atom is -0.0683 e. The van der Waals surface area contributed by atoms with Crippen LogP contribution in [-0.2, 0) is 0 Å². The van der Waals surface area contributed by atoms with Crippen LogP contribution in [0.25, 0.3) is 0 Å². The van der Waals surface area contributed by atoms with Crippen molar-refractivity contribution in [2.24, 2.45) is 5.92 Å². The van der Waals surface area contributed by atoms with Crippen LogP contribution in [0.15, 0.2) is 30.3 Å². The van der Waals surface area contributed by atoms with Crippen LogP contribution in [0.4, 0.5) is 0 Å². The van der Waals surface area contributed by atoms with Gasteiger partial charge in [0.1, 0.15) is 0 Å². The van der Waals surface area contributed by atoms with Gasteiger partial charge in [-0.25, -0.2) is 0 Å². The fourth-order valence-corrected chi connectivity index (χ4v) is 0.534. The Morgan fingerprint density at radius 1 is 0.875 bits per heavy atom. The van der Waals surface area contributed by atoms with Crippen LogP contribution in [0.2, 0.25) is 0 Å². The van der Waals surface area contributed by atoms with Crippen LogP contribution in [0, 0.1) is 12.8 Å². The average Bonchev–Trinajstić information content (AvgIpc) is 2.22. The molecule has 0 aromatic heterocycles. The highest BCUT2D eigenvalue weighted by Gasteiger charge is 1.72. The van der Waals surface area contributed by atoms with Crippen LogP contribution in [0.5, 0.6) is 0 Å². The topological polar surface area (TPSA) is 0 Å². The van der Waals surface area contributed by atoms with E-state index in [1.54, 1.807) is 0 Å². The van der Waals surface area contributed by atoms with Crippen molar-refractivity contribution in [2.75, 3.05) is 0 Å². The molecule has 1 aromatic carbocycles. The van der Waals surface area contributed by atoms with Crippen molar-refractivity contribution in [3.8, 4) is 0 Å². The summed E-state index contributed by atoms with van der Waals surface area (Å²) < 4.78 is 0. The number of rotatable bonds is 0. The van der Waals surface area contributed by atoms with Crippen molar-refractivity contribution in [1.29, 1.82) is 0 Å². The molecule has 0 saturated carbocycles. The van der Waals surface area contributed by atoms with E-state index in [-0.39, 0.29) is 0 Å². The molecule has 0 heteroatoms. The molecular weight excluding hydrogens is 192 g/mol. The Balaban J connectivity index is -0.000000163. The van der Waals surface area contributed by atoms with Gasteiger partial charge in [0.15, 0.2) is 0 Å². The van der Waals surface area contributed by atoms with Crippen LogP contribution in [-0.4, -0.2) is 0 Å². The number of benzene rings is 1.